The van der Waals surface area contributed by atoms with E-state index in [1.165, 1.54) is 12.7 Å². The Morgan fingerprint density at radius 1 is 1.16 bits per heavy atom. The molecular formula is C18H24O6S. The molecule has 1 aliphatic carbocycles. The molecule has 2 bridgehead atoms. The van der Waals surface area contributed by atoms with Crippen molar-refractivity contribution in [1.82, 2.24) is 0 Å². The van der Waals surface area contributed by atoms with Gasteiger partial charge in [0.15, 0.2) is 21.7 Å². The number of benzene rings is 1. The van der Waals surface area contributed by atoms with Crippen molar-refractivity contribution in [1.29, 1.82) is 0 Å². The van der Waals surface area contributed by atoms with Gasteiger partial charge in [-0.2, -0.15) is 4.89 Å². The summed E-state index contributed by atoms with van der Waals surface area (Å²) in [4.78, 5) is 12.1. The molecule has 0 N–H and O–H groups in total. The first-order valence-corrected chi connectivity index (χ1v) is 10.7. The minimum absolute atomic E-state index is 0.238. The molecule has 0 unspecified atom stereocenters. The summed E-state index contributed by atoms with van der Waals surface area (Å²) in [5.41, 5.74) is 0.0764. The Balaban J connectivity index is 1.76. The van der Waals surface area contributed by atoms with Gasteiger partial charge in [0.2, 0.25) is 5.79 Å². The second kappa shape index (κ2) is 6.03. The molecule has 0 radical (unpaired) electrons. The van der Waals surface area contributed by atoms with Crippen molar-refractivity contribution in [2.45, 2.75) is 61.1 Å². The third kappa shape index (κ3) is 2.73. The zero-order valence-electron chi connectivity index (χ0n) is 14.6. The quantitative estimate of drug-likeness (QED) is 0.764. The fraction of sp³-hybridized carbons (Fsp3) is 0.667. The van der Waals surface area contributed by atoms with E-state index in [1.807, 2.05) is 6.07 Å². The molecule has 3 aliphatic heterocycles. The maximum absolute atomic E-state index is 11.9. The minimum atomic E-state index is -3.32. The van der Waals surface area contributed by atoms with E-state index in [0.29, 0.717) is 17.9 Å². The van der Waals surface area contributed by atoms with Crippen LogP contribution in [0, 0.1) is 5.92 Å². The molecule has 4 aliphatic rings. The predicted molar refractivity (Wildman–Crippen MR) is 89.2 cm³/mol. The minimum Gasteiger partial charge on any atom is -0.353 e. The van der Waals surface area contributed by atoms with E-state index in [-0.39, 0.29) is 4.90 Å². The lowest BCUT2D eigenvalue weighted by Gasteiger charge is -2.49. The van der Waals surface area contributed by atoms with Crippen LogP contribution >= 0.6 is 0 Å². The normalized spacial score (nSPS) is 38.2. The van der Waals surface area contributed by atoms with Gasteiger partial charge in [-0.15, -0.1) is 0 Å². The van der Waals surface area contributed by atoms with Gasteiger partial charge in [-0.1, -0.05) is 25.0 Å². The van der Waals surface area contributed by atoms with Gasteiger partial charge in [-0.25, -0.2) is 13.3 Å². The van der Waals surface area contributed by atoms with E-state index in [4.69, 9.17) is 19.2 Å². The Kier molecular flexibility index (Phi) is 4.20. The van der Waals surface area contributed by atoms with Crippen LogP contribution in [0.15, 0.2) is 29.2 Å². The molecule has 138 valence electrons. The van der Waals surface area contributed by atoms with Crippen molar-refractivity contribution in [2.75, 3.05) is 13.4 Å². The van der Waals surface area contributed by atoms with Crippen LogP contribution in [0.1, 0.15) is 44.1 Å². The van der Waals surface area contributed by atoms with Crippen LogP contribution in [0.4, 0.5) is 0 Å². The Labute approximate surface area is 148 Å². The fourth-order valence-electron chi connectivity index (χ4n) is 4.46. The maximum atomic E-state index is 11.9. The molecule has 1 aromatic carbocycles. The molecule has 1 saturated carbocycles. The number of rotatable bonds is 3. The first-order chi connectivity index (χ1) is 11.9. The Bertz CT molecular complexity index is 759. The molecule has 25 heavy (non-hydrogen) atoms. The molecule has 4 fully saturated rings. The van der Waals surface area contributed by atoms with Crippen LogP contribution in [0.2, 0.25) is 0 Å². The molecule has 0 aromatic heterocycles. The number of hydrogen-bond donors (Lipinski definition) is 0. The molecule has 5 rings (SSSR count). The van der Waals surface area contributed by atoms with Crippen molar-refractivity contribution in [2.24, 2.45) is 5.92 Å². The zero-order valence-corrected chi connectivity index (χ0v) is 15.4. The highest BCUT2D eigenvalue weighted by Gasteiger charge is 2.61. The topological polar surface area (TPSA) is 71.1 Å². The Morgan fingerprint density at radius 3 is 2.76 bits per heavy atom. The molecule has 1 aromatic rings. The Hall–Kier alpha value is -0.990. The summed E-state index contributed by atoms with van der Waals surface area (Å²) in [6, 6.07) is 6.71. The number of methoxy groups -OCH3 is 1. The number of fused-ring (bicyclic) bond motifs is 3. The van der Waals surface area contributed by atoms with Crippen LogP contribution < -0.4 is 0 Å². The predicted octanol–water partition coefficient (Wildman–Crippen LogP) is 2.92. The van der Waals surface area contributed by atoms with Gasteiger partial charge in [-0.05, 0) is 37.3 Å². The molecule has 1 spiro atoms. The van der Waals surface area contributed by atoms with Gasteiger partial charge in [0.1, 0.15) is 0 Å². The van der Waals surface area contributed by atoms with Crippen LogP contribution in [-0.4, -0.2) is 33.7 Å². The lowest BCUT2D eigenvalue weighted by Crippen LogP contribution is -2.59. The van der Waals surface area contributed by atoms with Crippen LogP contribution in [0.5, 0.6) is 0 Å². The highest BCUT2D eigenvalue weighted by molar-refractivity contribution is 7.90. The van der Waals surface area contributed by atoms with Crippen molar-refractivity contribution >= 4 is 9.84 Å². The maximum Gasteiger partial charge on any atom is 0.230 e. The van der Waals surface area contributed by atoms with Gasteiger partial charge in [-0.3, -0.25) is 0 Å². The van der Waals surface area contributed by atoms with Gasteiger partial charge in [0, 0.05) is 25.3 Å². The third-order valence-electron chi connectivity index (χ3n) is 5.83. The molecular weight excluding hydrogens is 344 g/mol. The molecule has 4 atom stereocenters. The van der Waals surface area contributed by atoms with Crippen molar-refractivity contribution in [3.05, 3.63) is 29.8 Å². The molecule has 3 saturated heterocycles. The molecule has 6 nitrogen and oxygen atoms in total. The summed E-state index contributed by atoms with van der Waals surface area (Å²) in [5.74, 6) is -0.821. The number of hydrogen-bond acceptors (Lipinski definition) is 6. The summed E-state index contributed by atoms with van der Waals surface area (Å²) in [6.45, 7) is 0. The van der Waals surface area contributed by atoms with Crippen molar-refractivity contribution in [3.63, 3.8) is 0 Å². The third-order valence-corrected chi connectivity index (χ3v) is 6.94. The second-order valence-electron chi connectivity index (χ2n) is 7.34. The standard InChI is InChI=1S/C18H24O6S/c1-21-16-17-10-4-3-6-13(17)9-11-18(22-16,24-23-17)14-7-5-8-15(12-14)25(2,19)20/h5,7-8,12-13,16H,3-4,6,9-11H2,1-2H3/t13-,16+,17+,18+/m1/s1. The first kappa shape index (κ1) is 17.4. The van der Waals surface area contributed by atoms with E-state index < -0.39 is 27.5 Å². The van der Waals surface area contributed by atoms with Gasteiger partial charge in [0.05, 0.1) is 4.90 Å². The Morgan fingerprint density at radius 2 is 2.00 bits per heavy atom. The van der Waals surface area contributed by atoms with E-state index in [0.717, 1.165) is 25.7 Å². The SMILES string of the molecule is CO[C@H]1O[C@@]2(c3cccc(S(C)(=O)=O)c3)CC[C@H]3CCCC[C@]31OO2. The number of ether oxygens (including phenoxy) is 2. The average molecular weight is 368 g/mol. The monoisotopic (exact) mass is 368 g/mol. The van der Waals surface area contributed by atoms with E-state index in [9.17, 15) is 8.42 Å². The van der Waals surface area contributed by atoms with Crippen LogP contribution in [-0.2, 0) is 34.9 Å². The summed E-state index contributed by atoms with van der Waals surface area (Å²) in [5, 5.41) is 0. The van der Waals surface area contributed by atoms with E-state index in [2.05, 4.69) is 0 Å². The summed E-state index contributed by atoms with van der Waals surface area (Å²) >= 11 is 0. The average Bonchev–Trinajstić information content (AvgIpc) is 2.87. The van der Waals surface area contributed by atoms with E-state index in [1.54, 1.807) is 25.3 Å². The molecule has 7 heteroatoms. The summed E-state index contributed by atoms with van der Waals surface area (Å²) in [6.07, 6.45) is 6.28. The lowest BCUT2D eigenvalue weighted by atomic mass is 9.73. The first-order valence-electron chi connectivity index (χ1n) is 8.78. The van der Waals surface area contributed by atoms with Crippen molar-refractivity contribution < 1.29 is 27.7 Å². The highest BCUT2D eigenvalue weighted by Crippen LogP contribution is 2.55. The van der Waals surface area contributed by atoms with Gasteiger partial charge >= 0.3 is 0 Å². The van der Waals surface area contributed by atoms with Gasteiger partial charge < -0.3 is 9.47 Å². The fourth-order valence-corrected chi connectivity index (χ4v) is 5.13. The second-order valence-corrected chi connectivity index (χ2v) is 9.36. The number of sulfone groups is 1. The van der Waals surface area contributed by atoms with Gasteiger partial charge in [0.25, 0.3) is 0 Å². The summed E-state index contributed by atoms with van der Waals surface area (Å²) < 4.78 is 35.8. The van der Waals surface area contributed by atoms with Crippen molar-refractivity contribution in [3.8, 4) is 0 Å². The molecule has 0 amide bonds. The van der Waals surface area contributed by atoms with E-state index >= 15 is 0 Å². The lowest BCUT2D eigenvalue weighted by molar-refractivity contribution is -0.558. The smallest absolute Gasteiger partial charge is 0.230 e. The van der Waals surface area contributed by atoms with Crippen LogP contribution in [0.3, 0.4) is 0 Å². The zero-order chi connectivity index (χ0) is 17.7. The molecule has 3 heterocycles. The largest absolute Gasteiger partial charge is 0.353 e. The van der Waals surface area contributed by atoms with Crippen LogP contribution in [0.25, 0.3) is 0 Å². The summed E-state index contributed by atoms with van der Waals surface area (Å²) in [7, 11) is -1.70. The highest BCUT2D eigenvalue weighted by atomic mass is 32.2.